The number of aliphatic carboxylic acids is 1. The molecule has 0 aromatic heterocycles. The van der Waals surface area contributed by atoms with Gasteiger partial charge in [0.25, 0.3) is 0 Å². The van der Waals surface area contributed by atoms with Gasteiger partial charge in [-0.2, -0.15) is 0 Å². The van der Waals surface area contributed by atoms with Crippen LogP contribution in [0.2, 0.25) is 36.3 Å². The molecule has 0 heterocycles. The predicted octanol–water partition coefficient (Wildman–Crippen LogP) is 10.8. The van der Waals surface area contributed by atoms with Gasteiger partial charge in [0.2, 0.25) is 0 Å². The normalized spacial score (nSPS) is 16.4. The Morgan fingerprint density at radius 3 is 2.13 bits per heavy atom. The summed E-state index contributed by atoms with van der Waals surface area (Å²) in [6.07, 6.45) is 7.25. The zero-order valence-corrected chi connectivity index (χ0v) is 33.0. The van der Waals surface area contributed by atoms with Crippen LogP contribution in [0.5, 0.6) is 0 Å². The topological polar surface area (TPSA) is 114 Å². The molecule has 0 saturated heterocycles. The van der Waals surface area contributed by atoms with Gasteiger partial charge in [0.1, 0.15) is 0 Å². The van der Waals surface area contributed by atoms with E-state index in [4.69, 9.17) is 13.6 Å². The molecule has 1 N–H and O–H groups in total. The molecular formula is C36H65N3O5Si2. The van der Waals surface area contributed by atoms with Crippen LogP contribution in [-0.4, -0.2) is 53.1 Å². The van der Waals surface area contributed by atoms with Crippen LogP contribution in [0, 0.1) is 17.8 Å². The van der Waals surface area contributed by atoms with Crippen LogP contribution in [-0.2, 0) is 25.0 Å². The molecule has 0 radical (unpaired) electrons. The highest BCUT2D eigenvalue weighted by atomic mass is 28.4. The lowest BCUT2D eigenvalue weighted by Crippen LogP contribution is -2.50. The second kappa shape index (κ2) is 19.2. The number of carboxylic acid groups (broad SMARTS) is 1. The Hall–Kier alpha value is -1.95. The number of hydrogen-bond acceptors (Lipinski definition) is 5. The maximum absolute atomic E-state index is 11.3. The van der Waals surface area contributed by atoms with Crippen LogP contribution in [0.4, 0.5) is 0 Å². The van der Waals surface area contributed by atoms with Gasteiger partial charge >= 0.3 is 5.97 Å². The molecule has 0 aliphatic carbocycles. The third-order valence-corrected chi connectivity index (χ3v) is 19.1. The third-order valence-electron chi connectivity index (χ3n) is 10.1. The summed E-state index contributed by atoms with van der Waals surface area (Å²) >= 11 is 0. The van der Waals surface area contributed by atoms with Crippen LogP contribution in [0.25, 0.3) is 10.4 Å². The van der Waals surface area contributed by atoms with Crippen molar-refractivity contribution >= 4 is 22.6 Å². The zero-order chi connectivity index (χ0) is 35.2. The fourth-order valence-electron chi connectivity index (χ4n) is 4.88. The van der Waals surface area contributed by atoms with Crippen molar-refractivity contribution in [2.45, 2.75) is 143 Å². The Morgan fingerprint density at radius 1 is 0.978 bits per heavy atom. The molecule has 0 fully saturated rings. The van der Waals surface area contributed by atoms with Crippen LogP contribution >= 0.6 is 0 Å². The first kappa shape index (κ1) is 42.1. The van der Waals surface area contributed by atoms with Gasteiger partial charge in [0, 0.05) is 30.3 Å². The lowest BCUT2D eigenvalue weighted by atomic mass is 9.80. The van der Waals surface area contributed by atoms with E-state index in [-0.39, 0.29) is 34.1 Å². The smallest absolute Gasteiger partial charge is 0.306 e. The molecule has 262 valence electrons. The molecule has 0 unspecified atom stereocenters. The van der Waals surface area contributed by atoms with Gasteiger partial charge in [-0.3, -0.25) is 4.79 Å². The van der Waals surface area contributed by atoms with Crippen molar-refractivity contribution in [3.8, 4) is 0 Å². The van der Waals surface area contributed by atoms with Gasteiger partial charge in [-0.25, -0.2) is 0 Å². The summed E-state index contributed by atoms with van der Waals surface area (Å²) in [5.41, 5.74) is 10.9. The Morgan fingerprint density at radius 2 is 1.59 bits per heavy atom. The Kier molecular flexibility index (Phi) is 17.5. The molecule has 10 heteroatoms. The highest BCUT2D eigenvalue weighted by molar-refractivity contribution is 6.74. The minimum absolute atomic E-state index is 0.0120. The maximum Gasteiger partial charge on any atom is 0.306 e. The van der Waals surface area contributed by atoms with Crippen LogP contribution in [0.15, 0.2) is 47.6 Å². The summed E-state index contributed by atoms with van der Waals surface area (Å²) in [7, 11) is -4.22. The molecule has 0 saturated carbocycles. The summed E-state index contributed by atoms with van der Waals surface area (Å²) in [5, 5.41) is 13.7. The summed E-state index contributed by atoms with van der Waals surface area (Å²) < 4.78 is 20.1. The number of carboxylic acids is 1. The highest BCUT2D eigenvalue weighted by Crippen LogP contribution is 2.42. The molecule has 0 aliphatic rings. The van der Waals surface area contributed by atoms with Crippen molar-refractivity contribution in [2.75, 3.05) is 13.2 Å². The Balaban J connectivity index is 3.37. The average molecular weight is 676 g/mol. The number of allylic oxidation sites excluding steroid dienone is 2. The fraction of sp³-hybridized carbons (Fsp3) is 0.750. The monoisotopic (exact) mass is 675 g/mol. The quantitative estimate of drug-likeness (QED) is 0.0348. The molecule has 1 aromatic rings. The Bertz CT molecular complexity index is 1110. The number of benzene rings is 1. The number of rotatable bonds is 21. The lowest BCUT2D eigenvalue weighted by molar-refractivity contribution is -0.140. The number of hydrogen-bond donors (Lipinski definition) is 1. The summed E-state index contributed by atoms with van der Waals surface area (Å²) in [6, 6.07) is 9.91. The number of nitrogens with zero attached hydrogens (tertiary/aromatic N) is 3. The van der Waals surface area contributed by atoms with E-state index in [9.17, 15) is 15.4 Å². The van der Waals surface area contributed by atoms with Crippen molar-refractivity contribution in [3.05, 3.63) is 58.5 Å². The molecule has 5 atom stereocenters. The van der Waals surface area contributed by atoms with E-state index in [2.05, 4.69) is 96.8 Å². The summed E-state index contributed by atoms with van der Waals surface area (Å²) in [4.78, 5) is 14.6. The van der Waals surface area contributed by atoms with Crippen molar-refractivity contribution in [1.29, 1.82) is 0 Å². The number of azide groups is 1. The molecule has 0 spiro atoms. The molecule has 0 amide bonds. The maximum atomic E-state index is 11.3. The van der Waals surface area contributed by atoms with Crippen molar-refractivity contribution in [2.24, 2.45) is 22.9 Å². The van der Waals surface area contributed by atoms with Gasteiger partial charge in [-0.15, -0.1) is 0 Å². The van der Waals surface area contributed by atoms with Gasteiger partial charge < -0.3 is 18.7 Å². The van der Waals surface area contributed by atoms with Crippen LogP contribution in [0.1, 0.15) is 93.1 Å². The summed E-state index contributed by atoms with van der Waals surface area (Å²) in [5.74, 6) is -1.21. The predicted molar refractivity (Wildman–Crippen MR) is 196 cm³/mol. The second-order valence-corrected chi connectivity index (χ2v) is 25.6. The minimum Gasteiger partial charge on any atom is -0.481 e. The minimum atomic E-state index is -2.20. The zero-order valence-electron chi connectivity index (χ0n) is 31.0. The van der Waals surface area contributed by atoms with E-state index >= 15 is 0 Å². The van der Waals surface area contributed by atoms with Crippen LogP contribution in [0.3, 0.4) is 0 Å². The molecule has 8 nitrogen and oxygen atoms in total. The van der Waals surface area contributed by atoms with E-state index in [1.807, 2.05) is 30.4 Å². The second-order valence-electron chi connectivity index (χ2n) is 16.0. The van der Waals surface area contributed by atoms with Gasteiger partial charge in [0.15, 0.2) is 16.6 Å². The van der Waals surface area contributed by atoms with E-state index in [0.29, 0.717) is 39.1 Å². The van der Waals surface area contributed by atoms with Crippen molar-refractivity contribution < 1.29 is 23.5 Å². The van der Waals surface area contributed by atoms with Gasteiger partial charge in [-0.05, 0) is 91.3 Å². The number of carbonyl (C=O) groups is 1. The Labute approximate surface area is 282 Å². The van der Waals surface area contributed by atoms with Gasteiger partial charge in [0.05, 0.1) is 12.5 Å². The summed E-state index contributed by atoms with van der Waals surface area (Å²) in [6.45, 7) is 28.3. The molecule has 0 bridgehead atoms. The SMILES string of the molecule is C[C@H](CO[Si](C)(C)C(C)(C)C)[C@H]([C@H](CC/C=C\C[C@H](C)C(=O)O)N=[N+]=[N-])[C@@H](CCCOCc1ccccc1)O[Si](C)(C)C(C)(C)C. The molecular weight excluding hydrogens is 611 g/mol. The van der Waals surface area contributed by atoms with E-state index in [0.717, 1.165) is 18.4 Å². The lowest BCUT2D eigenvalue weighted by Gasteiger charge is -2.45. The third kappa shape index (κ3) is 14.4. The largest absolute Gasteiger partial charge is 0.481 e. The van der Waals surface area contributed by atoms with E-state index < -0.39 is 28.5 Å². The van der Waals surface area contributed by atoms with E-state index in [1.165, 1.54) is 0 Å². The first-order valence-corrected chi connectivity index (χ1v) is 22.9. The van der Waals surface area contributed by atoms with E-state index in [1.54, 1.807) is 6.92 Å². The standard InChI is InChI=1S/C36H65N3O5Si2/c1-28(34(40)41)20-15-13-18-23-31(38-39-37)33(29(2)26-43-45(9,10)35(3,4)5)32(44-46(11,12)36(6,7)8)24-19-25-42-27-30-21-16-14-17-22-30/h13-17,21-22,28-29,31-33H,18-20,23-27H2,1-12H3,(H,40,41)/b15-13-/t28-,29+,31-,32+,33+/m0/s1. The first-order valence-electron chi connectivity index (χ1n) is 17.1. The van der Waals surface area contributed by atoms with Crippen LogP contribution < -0.4 is 0 Å². The fourth-order valence-corrected chi connectivity index (χ4v) is 7.37. The van der Waals surface area contributed by atoms with Crippen molar-refractivity contribution in [3.63, 3.8) is 0 Å². The number of ether oxygens (including phenoxy) is 1. The molecule has 1 aromatic carbocycles. The molecule has 46 heavy (non-hydrogen) atoms. The van der Waals surface area contributed by atoms with Gasteiger partial charge in [-0.1, -0.05) is 103 Å². The molecule has 1 rings (SSSR count). The highest BCUT2D eigenvalue weighted by Gasteiger charge is 2.44. The van der Waals surface area contributed by atoms with Crippen molar-refractivity contribution in [1.82, 2.24) is 0 Å². The first-order chi connectivity index (χ1) is 21.2. The average Bonchev–Trinajstić information content (AvgIpc) is 2.94. The molecule has 0 aliphatic heterocycles.